The maximum absolute atomic E-state index is 13.0. The Kier molecular flexibility index (Phi) is 4.08. The normalized spacial score (nSPS) is 10.2. The minimum atomic E-state index is -0.377. The predicted octanol–water partition coefficient (Wildman–Crippen LogP) is 4.00. The van der Waals surface area contributed by atoms with Gasteiger partial charge in [-0.3, -0.25) is 4.79 Å². The van der Waals surface area contributed by atoms with Crippen molar-refractivity contribution in [1.82, 2.24) is 4.98 Å². The maximum Gasteiger partial charge on any atom is 0.257 e. The third-order valence-electron chi connectivity index (χ3n) is 2.17. The van der Waals surface area contributed by atoms with E-state index >= 15 is 0 Å². The molecule has 6 heteroatoms. The number of nitrogens with zero attached hydrogens (tertiary/aromatic N) is 1. The summed E-state index contributed by atoms with van der Waals surface area (Å²) in [6, 6.07) is 7.59. The molecule has 1 aromatic carbocycles. The lowest BCUT2D eigenvalue weighted by molar-refractivity contribution is 0.102. The van der Waals surface area contributed by atoms with Crippen molar-refractivity contribution in [2.45, 2.75) is 0 Å². The average Bonchev–Trinajstić information content (AvgIpc) is 2.34. The van der Waals surface area contributed by atoms with Gasteiger partial charge in [-0.25, -0.2) is 9.37 Å². The van der Waals surface area contributed by atoms with E-state index in [0.717, 1.165) is 0 Å². The molecule has 18 heavy (non-hydrogen) atoms. The fourth-order valence-corrected chi connectivity index (χ4v) is 1.90. The van der Waals surface area contributed by atoms with Gasteiger partial charge in [0, 0.05) is 11.9 Å². The second-order valence-corrected chi connectivity index (χ2v) is 5.12. The topological polar surface area (TPSA) is 42.0 Å². The summed E-state index contributed by atoms with van der Waals surface area (Å²) in [5.41, 5.74) is 0.940. The average molecular weight is 374 g/mol. The summed E-state index contributed by atoms with van der Waals surface area (Å²) in [5, 5.41) is 2.65. The smallest absolute Gasteiger partial charge is 0.257 e. The maximum atomic E-state index is 13.0. The molecule has 0 fully saturated rings. The van der Waals surface area contributed by atoms with Gasteiger partial charge in [0.2, 0.25) is 0 Å². The first-order chi connectivity index (χ1) is 8.56. The Labute approximate surface area is 120 Å². The molecule has 0 unspecified atom stereocenters. The van der Waals surface area contributed by atoms with E-state index in [1.807, 2.05) is 0 Å². The van der Waals surface area contributed by atoms with Crippen molar-refractivity contribution in [3.05, 3.63) is 57.0 Å². The Balaban J connectivity index is 2.16. The van der Waals surface area contributed by atoms with Crippen LogP contribution in [-0.2, 0) is 0 Å². The minimum Gasteiger partial charge on any atom is -0.322 e. The molecule has 2 aromatic rings. The number of pyridine rings is 1. The van der Waals surface area contributed by atoms with Crippen LogP contribution in [0.25, 0.3) is 0 Å². The molecule has 0 saturated carbocycles. The first kappa shape index (κ1) is 13.2. The summed E-state index contributed by atoms with van der Waals surface area (Å²) >= 11 is 6.25. The molecular weight excluding hydrogens is 367 g/mol. The van der Waals surface area contributed by atoms with Gasteiger partial charge >= 0.3 is 0 Å². The van der Waals surface area contributed by atoms with Crippen molar-refractivity contribution in [3.8, 4) is 0 Å². The lowest BCUT2D eigenvalue weighted by Gasteiger charge is -2.05. The highest BCUT2D eigenvalue weighted by molar-refractivity contribution is 9.10. The highest BCUT2D eigenvalue weighted by atomic mass is 79.9. The number of aromatic nitrogens is 1. The molecule has 0 spiro atoms. The summed E-state index contributed by atoms with van der Waals surface area (Å²) in [5.74, 6) is -0.674. The van der Waals surface area contributed by atoms with Crippen LogP contribution in [0.4, 0.5) is 10.1 Å². The van der Waals surface area contributed by atoms with Gasteiger partial charge in [-0.1, -0.05) is 0 Å². The van der Waals surface area contributed by atoms with Crippen molar-refractivity contribution in [2.75, 3.05) is 5.32 Å². The zero-order valence-electron chi connectivity index (χ0n) is 8.95. The van der Waals surface area contributed by atoms with E-state index in [-0.39, 0.29) is 11.7 Å². The van der Waals surface area contributed by atoms with Gasteiger partial charge in [0.05, 0.1) is 10.0 Å². The zero-order valence-corrected chi connectivity index (χ0v) is 12.1. The van der Waals surface area contributed by atoms with Crippen molar-refractivity contribution < 1.29 is 9.18 Å². The predicted molar refractivity (Wildman–Crippen MR) is 74.0 cm³/mol. The highest BCUT2D eigenvalue weighted by Gasteiger charge is 2.07. The second kappa shape index (κ2) is 5.58. The highest BCUT2D eigenvalue weighted by Crippen LogP contribution is 2.20. The van der Waals surface area contributed by atoms with Crippen molar-refractivity contribution in [3.63, 3.8) is 0 Å². The molecule has 0 aliphatic rings. The van der Waals surface area contributed by atoms with Crippen molar-refractivity contribution in [1.29, 1.82) is 0 Å². The Morgan fingerprint density at radius 2 is 2.00 bits per heavy atom. The van der Waals surface area contributed by atoms with E-state index in [9.17, 15) is 9.18 Å². The van der Waals surface area contributed by atoms with E-state index in [0.29, 0.717) is 20.3 Å². The first-order valence-electron chi connectivity index (χ1n) is 4.94. The van der Waals surface area contributed by atoms with E-state index in [1.165, 1.54) is 24.4 Å². The first-order valence-corrected chi connectivity index (χ1v) is 6.53. The largest absolute Gasteiger partial charge is 0.322 e. The number of amides is 1. The Hall–Kier alpha value is -1.27. The summed E-state index contributed by atoms with van der Waals surface area (Å²) in [7, 11) is 0. The fourth-order valence-electron chi connectivity index (χ4n) is 1.29. The van der Waals surface area contributed by atoms with Crippen LogP contribution < -0.4 is 5.32 Å². The fraction of sp³-hybridized carbons (Fsp3) is 0. The van der Waals surface area contributed by atoms with Crippen LogP contribution in [0, 0.1) is 5.82 Å². The molecule has 0 atom stereocenters. The van der Waals surface area contributed by atoms with E-state index < -0.39 is 0 Å². The number of halogens is 3. The van der Waals surface area contributed by atoms with Crippen molar-refractivity contribution >= 4 is 43.5 Å². The molecule has 0 aliphatic carbocycles. The van der Waals surface area contributed by atoms with Gasteiger partial charge in [-0.2, -0.15) is 0 Å². The van der Waals surface area contributed by atoms with Crippen LogP contribution in [0.2, 0.25) is 0 Å². The van der Waals surface area contributed by atoms with Crippen LogP contribution >= 0.6 is 31.9 Å². The number of carbonyl (C=O) groups is 1. The van der Waals surface area contributed by atoms with E-state index in [1.54, 1.807) is 12.1 Å². The lowest BCUT2D eigenvalue weighted by atomic mass is 10.2. The number of nitrogens with one attached hydrogen (secondary N) is 1. The molecule has 0 radical (unpaired) electrons. The number of carbonyl (C=O) groups excluding carboxylic acids is 1. The molecule has 92 valence electrons. The third kappa shape index (κ3) is 3.14. The van der Waals surface area contributed by atoms with Gasteiger partial charge in [0.15, 0.2) is 0 Å². The Bertz CT molecular complexity index is 587. The molecule has 0 saturated heterocycles. The second-order valence-electron chi connectivity index (χ2n) is 3.45. The quantitative estimate of drug-likeness (QED) is 0.808. The number of hydrogen-bond acceptors (Lipinski definition) is 2. The van der Waals surface area contributed by atoms with Crippen LogP contribution in [-0.4, -0.2) is 10.9 Å². The van der Waals surface area contributed by atoms with Crippen molar-refractivity contribution in [2.24, 2.45) is 0 Å². The molecular formula is C12H7Br2FN2O. The van der Waals surface area contributed by atoms with Crippen LogP contribution in [0.1, 0.15) is 10.4 Å². The molecule has 0 bridgehead atoms. The molecule has 3 nitrogen and oxygen atoms in total. The van der Waals surface area contributed by atoms with Gasteiger partial charge in [-0.15, -0.1) is 0 Å². The number of rotatable bonds is 2. The molecule has 0 aliphatic heterocycles. The molecule has 2 rings (SSSR count). The molecule has 1 N–H and O–H groups in total. The van der Waals surface area contributed by atoms with Gasteiger partial charge in [0.25, 0.3) is 5.91 Å². The SMILES string of the molecule is O=C(Nc1ccc(F)c(Br)c1)c1ccc(Br)nc1. The van der Waals surface area contributed by atoms with Crippen LogP contribution in [0.15, 0.2) is 45.6 Å². The van der Waals surface area contributed by atoms with Crippen LogP contribution in [0.3, 0.4) is 0 Å². The van der Waals surface area contributed by atoms with E-state index in [2.05, 4.69) is 42.2 Å². The lowest BCUT2D eigenvalue weighted by Crippen LogP contribution is -2.12. The molecule has 1 aromatic heterocycles. The Morgan fingerprint density at radius 1 is 1.22 bits per heavy atom. The molecule has 1 amide bonds. The summed E-state index contributed by atoms with van der Waals surface area (Å²) < 4.78 is 14.0. The van der Waals surface area contributed by atoms with Crippen LogP contribution in [0.5, 0.6) is 0 Å². The summed E-state index contributed by atoms with van der Waals surface area (Å²) in [6.07, 6.45) is 1.46. The third-order valence-corrected chi connectivity index (χ3v) is 3.24. The van der Waals surface area contributed by atoms with E-state index in [4.69, 9.17) is 0 Å². The van der Waals surface area contributed by atoms with Gasteiger partial charge in [0.1, 0.15) is 10.4 Å². The summed E-state index contributed by atoms with van der Waals surface area (Å²) in [6.45, 7) is 0. The zero-order chi connectivity index (χ0) is 13.1. The van der Waals surface area contributed by atoms with Gasteiger partial charge in [-0.05, 0) is 62.2 Å². The number of hydrogen-bond donors (Lipinski definition) is 1. The molecule has 1 heterocycles. The standard InChI is InChI=1S/C12H7Br2FN2O/c13-9-5-8(2-3-10(9)15)17-12(18)7-1-4-11(14)16-6-7/h1-6H,(H,17,18). The minimum absolute atomic E-state index is 0.298. The van der Waals surface area contributed by atoms with Gasteiger partial charge < -0.3 is 5.32 Å². The number of benzene rings is 1. The monoisotopic (exact) mass is 372 g/mol. The number of anilines is 1. The Morgan fingerprint density at radius 3 is 2.61 bits per heavy atom. The summed E-state index contributed by atoms with van der Waals surface area (Å²) in [4.78, 5) is 15.8.